The lowest BCUT2D eigenvalue weighted by Crippen LogP contribution is -2.53. The highest BCUT2D eigenvalue weighted by molar-refractivity contribution is 5.88. The van der Waals surface area contributed by atoms with Gasteiger partial charge in [-0.3, -0.25) is 14.9 Å². The van der Waals surface area contributed by atoms with E-state index >= 15 is 0 Å². The fraction of sp³-hybridized carbons (Fsp3) is 0.857. The van der Waals surface area contributed by atoms with E-state index in [1.54, 1.807) is 13.8 Å². The van der Waals surface area contributed by atoms with Gasteiger partial charge in [0, 0.05) is 6.54 Å². The lowest BCUT2D eigenvalue weighted by Gasteiger charge is -2.27. The second-order valence-corrected chi connectivity index (χ2v) is 7.77. The van der Waals surface area contributed by atoms with E-state index < -0.39 is 24.1 Å². The predicted octanol–water partition coefficient (Wildman–Crippen LogP) is 2.05. The number of nitrogens with one attached hydrogen (secondary N) is 1. The Balaban J connectivity index is 2.49. The van der Waals surface area contributed by atoms with Gasteiger partial charge < -0.3 is 20.5 Å². The fourth-order valence-electron chi connectivity index (χ4n) is 3.80. The van der Waals surface area contributed by atoms with Crippen LogP contribution >= 0.6 is 0 Å². The minimum atomic E-state index is -0.976. The van der Waals surface area contributed by atoms with Crippen molar-refractivity contribution < 1.29 is 24.2 Å². The van der Waals surface area contributed by atoms with E-state index in [0.717, 1.165) is 45.1 Å². The number of rotatable bonds is 15. The molecule has 168 valence electrons. The molecule has 1 fully saturated rings. The largest absolute Gasteiger partial charge is 0.480 e. The number of carboxylic acids is 1. The highest BCUT2D eigenvalue weighted by Gasteiger charge is 2.36. The lowest BCUT2D eigenvalue weighted by atomic mass is 10.0. The van der Waals surface area contributed by atoms with Crippen molar-refractivity contribution in [2.75, 3.05) is 19.7 Å². The number of esters is 1. The molecule has 0 aromatic carbocycles. The third kappa shape index (κ3) is 9.12. The number of carbonyl (C=O) groups excluding carboxylic acids is 2. The fourth-order valence-corrected chi connectivity index (χ4v) is 3.80. The Morgan fingerprint density at radius 3 is 2.34 bits per heavy atom. The zero-order valence-electron chi connectivity index (χ0n) is 18.0. The molecule has 0 saturated carbocycles. The number of hydrogen-bond donors (Lipinski definition) is 3. The molecular formula is C21H39N3O5. The van der Waals surface area contributed by atoms with Crippen LogP contribution in [0, 0.1) is 0 Å². The van der Waals surface area contributed by atoms with Crippen LogP contribution in [0.4, 0.5) is 0 Å². The summed E-state index contributed by atoms with van der Waals surface area (Å²) in [4.78, 5) is 37.8. The number of carboxylic acid groups (broad SMARTS) is 1. The highest BCUT2D eigenvalue weighted by atomic mass is 16.5. The molecule has 0 radical (unpaired) electrons. The van der Waals surface area contributed by atoms with Gasteiger partial charge in [0.05, 0.1) is 12.6 Å². The summed E-state index contributed by atoms with van der Waals surface area (Å²) in [7, 11) is 0. The molecule has 8 heteroatoms. The predicted molar refractivity (Wildman–Crippen MR) is 111 cm³/mol. The molecule has 1 heterocycles. The summed E-state index contributed by atoms with van der Waals surface area (Å²) in [6.45, 7) is 4.91. The smallest absolute Gasteiger partial charge is 0.326 e. The number of nitrogens with zero attached hydrogens (tertiary/aromatic N) is 1. The number of amides is 1. The van der Waals surface area contributed by atoms with Crippen molar-refractivity contribution in [3.05, 3.63) is 0 Å². The molecule has 3 atom stereocenters. The van der Waals surface area contributed by atoms with Gasteiger partial charge in [0.2, 0.25) is 5.91 Å². The van der Waals surface area contributed by atoms with Gasteiger partial charge in [-0.2, -0.15) is 0 Å². The Labute approximate surface area is 174 Å². The average molecular weight is 414 g/mol. The summed E-state index contributed by atoms with van der Waals surface area (Å²) in [5, 5.41) is 12.4. The van der Waals surface area contributed by atoms with Gasteiger partial charge in [-0.15, -0.1) is 0 Å². The first-order valence-electron chi connectivity index (χ1n) is 11.1. The second kappa shape index (κ2) is 14.3. The number of hydrogen-bond acceptors (Lipinski definition) is 6. The quantitative estimate of drug-likeness (QED) is 0.277. The number of nitrogens with two attached hydrogens (primary N) is 1. The normalized spacial score (nSPS) is 18.4. The Kier molecular flexibility index (Phi) is 12.5. The number of unbranched alkanes of at least 4 members (excludes halogenated alkanes) is 6. The van der Waals surface area contributed by atoms with Crippen LogP contribution in [0.25, 0.3) is 0 Å². The summed E-state index contributed by atoms with van der Waals surface area (Å²) < 4.78 is 5.16. The first kappa shape index (κ1) is 25.4. The number of ether oxygens (including phenoxy) is 1. The van der Waals surface area contributed by atoms with Crippen LogP contribution < -0.4 is 11.1 Å². The molecular weight excluding hydrogens is 374 g/mol. The molecule has 1 saturated heterocycles. The molecule has 1 unspecified atom stereocenters. The van der Waals surface area contributed by atoms with Crippen LogP contribution in [0.3, 0.4) is 0 Å². The maximum absolute atomic E-state index is 12.7. The van der Waals surface area contributed by atoms with Crippen molar-refractivity contribution in [2.45, 2.75) is 96.2 Å². The minimum absolute atomic E-state index is 0.274. The Hall–Kier alpha value is -1.67. The maximum Gasteiger partial charge on any atom is 0.326 e. The molecule has 1 amide bonds. The summed E-state index contributed by atoms with van der Waals surface area (Å²) in [6, 6.07) is -1.97. The first-order valence-corrected chi connectivity index (χ1v) is 11.1. The molecule has 0 bridgehead atoms. The van der Waals surface area contributed by atoms with Crippen molar-refractivity contribution in [3.63, 3.8) is 0 Å². The number of aliphatic carboxylic acids is 1. The molecule has 0 aromatic heterocycles. The number of carbonyl (C=O) groups is 3. The van der Waals surface area contributed by atoms with Gasteiger partial charge in [0.25, 0.3) is 0 Å². The Morgan fingerprint density at radius 1 is 1.14 bits per heavy atom. The summed E-state index contributed by atoms with van der Waals surface area (Å²) in [6.07, 6.45) is 9.34. The van der Waals surface area contributed by atoms with Crippen molar-refractivity contribution >= 4 is 17.8 Å². The summed E-state index contributed by atoms with van der Waals surface area (Å²) >= 11 is 0. The summed E-state index contributed by atoms with van der Waals surface area (Å²) in [5.41, 5.74) is 5.49. The highest BCUT2D eigenvalue weighted by Crippen LogP contribution is 2.19. The zero-order chi connectivity index (χ0) is 21.6. The topological polar surface area (TPSA) is 122 Å². The standard InChI is InChI=1S/C21H39N3O5/c1-3-29-21(28)17(12-9-7-5-4-6-8-10-14-22)23-16(2)19(25)24-15-11-13-18(24)20(26)27/h16-18,23H,3-15,22H2,1-2H3,(H,26,27)/t16-,17?,18-/m0/s1. The molecule has 1 aliphatic rings. The van der Waals surface area contributed by atoms with Gasteiger partial charge in [0.1, 0.15) is 12.1 Å². The van der Waals surface area contributed by atoms with E-state index in [-0.39, 0.29) is 18.5 Å². The number of likely N-dealkylation sites (tertiary alicyclic amines) is 1. The van der Waals surface area contributed by atoms with Gasteiger partial charge in [0.15, 0.2) is 0 Å². The van der Waals surface area contributed by atoms with E-state index in [2.05, 4.69) is 5.32 Å². The van der Waals surface area contributed by atoms with Crippen LogP contribution in [0.15, 0.2) is 0 Å². The average Bonchev–Trinajstić information content (AvgIpc) is 3.18. The van der Waals surface area contributed by atoms with Crippen LogP contribution in [-0.4, -0.2) is 65.7 Å². The molecule has 4 N–H and O–H groups in total. The molecule has 0 aromatic rings. The van der Waals surface area contributed by atoms with E-state index in [1.807, 2.05) is 0 Å². The van der Waals surface area contributed by atoms with Crippen molar-refractivity contribution in [1.82, 2.24) is 10.2 Å². The Morgan fingerprint density at radius 2 is 1.76 bits per heavy atom. The third-order valence-electron chi connectivity index (χ3n) is 5.41. The van der Waals surface area contributed by atoms with Gasteiger partial charge in [-0.1, -0.05) is 38.5 Å². The van der Waals surface area contributed by atoms with E-state index in [1.165, 1.54) is 11.3 Å². The molecule has 0 spiro atoms. The van der Waals surface area contributed by atoms with Crippen LogP contribution in [0.1, 0.15) is 78.1 Å². The third-order valence-corrected chi connectivity index (χ3v) is 5.41. The zero-order valence-corrected chi connectivity index (χ0v) is 18.0. The van der Waals surface area contributed by atoms with E-state index in [9.17, 15) is 19.5 Å². The van der Waals surface area contributed by atoms with Crippen LogP contribution in [0.2, 0.25) is 0 Å². The lowest BCUT2D eigenvalue weighted by molar-refractivity contribution is -0.150. The minimum Gasteiger partial charge on any atom is -0.480 e. The maximum atomic E-state index is 12.7. The molecule has 8 nitrogen and oxygen atoms in total. The molecule has 1 aliphatic heterocycles. The van der Waals surface area contributed by atoms with Crippen LogP contribution in [0.5, 0.6) is 0 Å². The molecule has 1 rings (SSSR count). The van der Waals surface area contributed by atoms with Gasteiger partial charge in [-0.25, -0.2) is 4.79 Å². The van der Waals surface area contributed by atoms with Gasteiger partial charge in [-0.05, 0) is 46.1 Å². The van der Waals surface area contributed by atoms with Crippen LogP contribution in [-0.2, 0) is 19.1 Å². The van der Waals surface area contributed by atoms with E-state index in [0.29, 0.717) is 25.8 Å². The van der Waals surface area contributed by atoms with E-state index in [4.69, 9.17) is 10.5 Å². The van der Waals surface area contributed by atoms with Crippen molar-refractivity contribution in [2.24, 2.45) is 5.73 Å². The Bertz CT molecular complexity index is 515. The van der Waals surface area contributed by atoms with Gasteiger partial charge >= 0.3 is 11.9 Å². The second-order valence-electron chi connectivity index (χ2n) is 7.77. The molecule has 0 aliphatic carbocycles. The summed E-state index contributed by atoms with van der Waals surface area (Å²) in [5.74, 6) is -1.60. The monoisotopic (exact) mass is 413 g/mol. The van der Waals surface area contributed by atoms with Crippen molar-refractivity contribution in [3.8, 4) is 0 Å². The van der Waals surface area contributed by atoms with Crippen molar-refractivity contribution in [1.29, 1.82) is 0 Å². The molecule has 29 heavy (non-hydrogen) atoms. The first-order chi connectivity index (χ1) is 13.9. The SMILES string of the molecule is CCOC(=O)C(CCCCCCCCCN)N[C@@H](C)C(=O)N1CCC[C@H]1C(=O)O.